The van der Waals surface area contributed by atoms with E-state index in [-0.39, 0.29) is 30.7 Å². The molecule has 0 aromatic carbocycles. The number of nitrogens with zero attached hydrogens (tertiary/aromatic N) is 2. The van der Waals surface area contributed by atoms with E-state index in [1.54, 1.807) is 4.90 Å². The predicted molar refractivity (Wildman–Crippen MR) is 112 cm³/mol. The quantitative estimate of drug-likeness (QED) is 0.531. The smallest absolute Gasteiger partial charge is 0.220 e. The molecule has 0 N–H and O–H groups in total. The first-order chi connectivity index (χ1) is 14.4. The van der Waals surface area contributed by atoms with Gasteiger partial charge in [-0.3, -0.25) is 24.1 Å². The fourth-order valence-electron chi connectivity index (χ4n) is 5.52. The minimum atomic E-state index is -0.576. The van der Waals surface area contributed by atoms with Crippen LogP contribution in [-0.2, 0) is 23.9 Å². The summed E-state index contributed by atoms with van der Waals surface area (Å²) in [6.07, 6.45) is 6.31. The number of rotatable bonds is 9. The molecule has 168 valence electrons. The Balaban J connectivity index is 1.64. The second-order valence-electron chi connectivity index (χ2n) is 9.12. The van der Waals surface area contributed by atoms with Crippen molar-refractivity contribution >= 4 is 23.3 Å². The van der Waals surface area contributed by atoms with Crippen LogP contribution in [0.5, 0.6) is 0 Å². The van der Waals surface area contributed by atoms with Gasteiger partial charge in [-0.25, -0.2) is 0 Å². The van der Waals surface area contributed by atoms with Gasteiger partial charge in [0.1, 0.15) is 0 Å². The van der Waals surface area contributed by atoms with Crippen LogP contribution in [0.15, 0.2) is 0 Å². The number of amides is 1. The number of Topliss-reactive ketones (excluding diaryl/α,β-unsaturated/α-hetero) is 3. The summed E-state index contributed by atoms with van der Waals surface area (Å²) in [5, 5.41) is 0. The number of ketones is 3. The van der Waals surface area contributed by atoms with Crippen molar-refractivity contribution < 1.29 is 23.9 Å². The van der Waals surface area contributed by atoms with E-state index in [1.165, 1.54) is 6.92 Å². The Kier molecular flexibility index (Phi) is 8.17. The maximum absolute atomic E-state index is 13.2. The van der Waals surface area contributed by atoms with E-state index < -0.39 is 23.5 Å². The summed E-state index contributed by atoms with van der Waals surface area (Å²) < 4.78 is 5.29. The minimum Gasteiger partial charge on any atom is -0.379 e. The summed E-state index contributed by atoms with van der Waals surface area (Å²) in [4.78, 5) is 54.8. The summed E-state index contributed by atoms with van der Waals surface area (Å²) in [6, 6.07) is -0.273. The second-order valence-corrected chi connectivity index (χ2v) is 9.12. The Morgan fingerprint density at radius 1 is 1.07 bits per heavy atom. The number of hydrogen-bond donors (Lipinski definition) is 0. The minimum absolute atomic E-state index is 0.0504. The van der Waals surface area contributed by atoms with Crippen LogP contribution in [0.1, 0.15) is 65.2 Å². The molecule has 1 amide bonds. The van der Waals surface area contributed by atoms with Crippen LogP contribution in [0.2, 0.25) is 0 Å². The van der Waals surface area contributed by atoms with Crippen LogP contribution >= 0.6 is 0 Å². The Morgan fingerprint density at radius 3 is 2.43 bits per heavy atom. The average Bonchev–Trinajstić information content (AvgIpc) is 3.13. The summed E-state index contributed by atoms with van der Waals surface area (Å²) in [5.74, 6) is -1.13. The van der Waals surface area contributed by atoms with Gasteiger partial charge in [-0.1, -0.05) is 26.2 Å². The van der Waals surface area contributed by atoms with E-state index in [0.717, 1.165) is 32.1 Å². The molecule has 2 saturated heterocycles. The SMILES string of the molecule is CCC[C@H](CC(=O)[C@@H]1C[C@@H]2CCCC[C@@H]2N1C(C)=O)C(=O)C(=O)CN1CCOCC1. The molecule has 0 unspecified atom stereocenters. The Labute approximate surface area is 179 Å². The van der Waals surface area contributed by atoms with Crippen molar-refractivity contribution in [3.8, 4) is 0 Å². The van der Waals surface area contributed by atoms with Crippen molar-refractivity contribution in [2.24, 2.45) is 11.8 Å². The molecule has 0 spiro atoms. The zero-order valence-corrected chi connectivity index (χ0v) is 18.4. The Hall–Kier alpha value is -1.60. The lowest BCUT2D eigenvalue weighted by molar-refractivity contribution is -0.142. The molecule has 7 heteroatoms. The van der Waals surface area contributed by atoms with Crippen molar-refractivity contribution in [1.29, 1.82) is 0 Å². The first kappa shape index (κ1) is 23.1. The number of carbonyl (C=O) groups excluding carboxylic acids is 4. The van der Waals surface area contributed by atoms with Gasteiger partial charge in [0.25, 0.3) is 0 Å². The van der Waals surface area contributed by atoms with Crippen LogP contribution in [0.25, 0.3) is 0 Å². The van der Waals surface area contributed by atoms with E-state index in [1.807, 2.05) is 11.8 Å². The predicted octanol–water partition coefficient (Wildman–Crippen LogP) is 2.01. The fraction of sp³-hybridized carbons (Fsp3) is 0.826. The molecule has 0 bridgehead atoms. The van der Waals surface area contributed by atoms with E-state index in [2.05, 4.69) is 0 Å². The van der Waals surface area contributed by atoms with Crippen molar-refractivity contribution in [2.75, 3.05) is 32.8 Å². The summed E-state index contributed by atoms with van der Waals surface area (Å²) in [7, 11) is 0. The van der Waals surface area contributed by atoms with Gasteiger partial charge in [0.15, 0.2) is 5.78 Å². The molecule has 1 saturated carbocycles. The van der Waals surface area contributed by atoms with Gasteiger partial charge >= 0.3 is 0 Å². The average molecular weight is 421 g/mol. The molecule has 0 aromatic heterocycles. The van der Waals surface area contributed by atoms with Crippen LogP contribution in [0.3, 0.4) is 0 Å². The van der Waals surface area contributed by atoms with Crippen LogP contribution in [0.4, 0.5) is 0 Å². The van der Waals surface area contributed by atoms with Crippen molar-refractivity contribution in [1.82, 2.24) is 9.80 Å². The highest BCUT2D eigenvalue weighted by Gasteiger charge is 2.46. The molecule has 4 atom stereocenters. The van der Waals surface area contributed by atoms with Gasteiger partial charge in [0.05, 0.1) is 25.8 Å². The maximum atomic E-state index is 13.2. The third kappa shape index (κ3) is 5.35. The van der Waals surface area contributed by atoms with Gasteiger partial charge in [-0.15, -0.1) is 0 Å². The van der Waals surface area contributed by atoms with Gasteiger partial charge in [-0.2, -0.15) is 0 Å². The topological polar surface area (TPSA) is 84.0 Å². The molecule has 3 aliphatic rings. The number of hydrogen-bond acceptors (Lipinski definition) is 6. The molecule has 3 fully saturated rings. The van der Waals surface area contributed by atoms with Gasteiger partial charge in [-0.05, 0) is 31.6 Å². The molecular weight excluding hydrogens is 384 g/mol. The zero-order chi connectivity index (χ0) is 21.7. The second kappa shape index (κ2) is 10.6. The molecule has 3 rings (SSSR count). The molecule has 2 heterocycles. The molecule has 0 radical (unpaired) electrons. The Bertz CT molecular complexity index is 658. The maximum Gasteiger partial charge on any atom is 0.220 e. The van der Waals surface area contributed by atoms with Crippen LogP contribution < -0.4 is 0 Å². The third-order valence-electron chi connectivity index (χ3n) is 7.02. The largest absolute Gasteiger partial charge is 0.379 e. The van der Waals surface area contributed by atoms with Crippen molar-refractivity contribution in [3.05, 3.63) is 0 Å². The first-order valence-corrected chi connectivity index (χ1v) is 11.6. The van der Waals surface area contributed by atoms with Crippen molar-refractivity contribution in [2.45, 2.75) is 77.3 Å². The highest BCUT2D eigenvalue weighted by Crippen LogP contribution is 2.40. The lowest BCUT2D eigenvalue weighted by atomic mass is 9.83. The van der Waals surface area contributed by atoms with Crippen LogP contribution in [0, 0.1) is 11.8 Å². The molecule has 1 aliphatic carbocycles. The van der Waals surface area contributed by atoms with Gasteiger partial charge in [0.2, 0.25) is 17.5 Å². The Morgan fingerprint density at radius 2 is 1.77 bits per heavy atom. The third-order valence-corrected chi connectivity index (χ3v) is 7.02. The molecule has 0 aromatic rings. The molecule has 30 heavy (non-hydrogen) atoms. The lowest BCUT2D eigenvalue weighted by Crippen LogP contribution is -2.46. The zero-order valence-electron chi connectivity index (χ0n) is 18.4. The lowest BCUT2D eigenvalue weighted by Gasteiger charge is -2.33. The number of likely N-dealkylation sites (tertiary alicyclic amines) is 1. The molecule has 2 aliphatic heterocycles. The first-order valence-electron chi connectivity index (χ1n) is 11.6. The highest BCUT2D eigenvalue weighted by atomic mass is 16.5. The number of ether oxygens (including phenoxy) is 1. The number of carbonyl (C=O) groups is 4. The van der Waals surface area contributed by atoms with Gasteiger partial charge < -0.3 is 9.64 Å². The van der Waals surface area contributed by atoms with E-state index in [9.17, 15) is 19.2 Å². The monoisotopic (exact) mass is 420 g/mol. The van der Waals surface area contributed by atoms with E-state index >= 15 is 0 Å². The summed E-state index contributed by atoms with van der Waals surface area (Å²) in [6.45, 7) is 6.04. The summed E-state index contributed by atoms with van der Waals surface area (Å²) >= 11 is 0. The van der Waals surface area contributed by atoms with Crippen molar-refractivity contribution in [3.63, 3.8) is 0 Å². The number of morpholine rings is 1. The standard InChI is InChI=1S/C23H36N2O5/c1-3-6-18(23(29)22(28)15-24-9-11-30-12-10-24)14-21(27)20-13-17-7-4-5-8-19(17)25(20)16(2)26/h17-20H,3-15H2,1-2H3/t17-,18+,19-,20-/m0/s1. The van der Waals surface area contributed by atoms with Gasteiger partial charge in [0, 0.05) is 38.4 Å². The molecular formula is C23H36N2O5. The fourth-order valence-corrected chi connectivity index (χ4v) is 5.52. The van der Waals surface area contributed by atoms with Crippen LogP contribution in [-0.4, -0.2) is 78.0 Å². The van der Waals surface area contributed by atoms with E-state index in [4.69, 9.17) is 4.74 Å². The van der Waals surface area contributed by atoms with E-state index in [0.29, 0.717) is 45.1 Å². The number of fused-ring (bicyclic) bond motifs is 1. The summed E-state index contributed by atoms with van der Waals surface area (Å²) in [5.41, 5.74) is 0. The highest BCUT2D eigenvalue weighted by molar-refractivity contribution is 6.39. The molecule has 7 nitrogen and oxygen atoms in total. The normalized spacial score (nSPS) is 28.1.